The van der Waals surface area contributed by atoms with E-state index in [9.17, 15) is 0 Å². The summed E-state index contributed by atoms with van der Waals surface area (Å²) in [5.41, 5.74) is 8.70. The zero-order chi connectivity index (χ0) is 22.1. The first kappa shape index (κ1) is 24.3. The van der Waals surface area contributed by atoms with Gasteiger partial charge in [0.05, 0.1) is 16.2 Å². The molecule has 3 aromatic rings. The van der Waals surface area contributed by atoms with E-state index < -0.39 is 0 Å². The third-order valence-electron chi connectivity index (χ3n) is 6.96. The second-order valence-corrected chi connectivity index (χ2v) is 10.6. The normalized spacial score (nSPS) is 19.5. The number of nitrogens with zero attached hydrogens (tertiary/aromatic N) is 3. The molecule has 174 valence electrons. The second kappa shape index (κ2) is 10.2. The quantitative estimate of drug-likeness (QED) is 0.406. The maximum absolute atomic E-state index is 6.48. The Bertz CT molecular complexity index is 1100. The van der Waals surface area contributed by atoms with Gasteiger partial charge >= 0.3 is 0 Å². The lowest BCUT2D eigenvalue weighted by atomic mass is 9.74. The molecule has 2 heterocycles. The summed E-state index contributed by atoms with van der Waals surface area (Å²) in [7, 11) is 0. The molecule has 2 N–H and O–H groups in total. The summed E-state index contributed by atoms with van der Waals surface area (Å²) in [6, 6.07) is 16.2. The first-order chi connectivity index (χ1) is 15.6. The van der Waals surface area contributed by atoms with Crippen molar-refractivity contribution in [2.75, 3.05) is 18.0 Å². The number of hydrogen-bond acceptors (Lipinski definition) is 5. The SMILES string of the molecule is C.N[C@@H]1CCCC12CCN(c1cnc(Sc3cccc(Cl)c3Cl)c(-c3ccccc3)n1)CC2. The number of aromatic nitrogens is 2. The molecule has 7 heteroatoms. The van der Waals surface area contributed by atoms with Crippen molar-refractivity contribution in [3.63, 3.8) is 0 Å². The lowest BCUT2D eigenvalue weighted by molar-refractivity contribution is 0.197. The van der Waals surface area contributed by atoms with Crippen molar-refractivity contribution in [2.45, 2.75) is 55.5 Å². The Kier molecular flexibility index (Phi) is 7.54. The molecule has 4 nitrogen and oxygen atoms in total. The maximum atomic E-state index is 6.48. The van der Waals surface area contributed by atoms with Crippen LogP contribution < -0.4 is 10.6 Å². The Morgan fingerprint density at radius 3 is 2.45 bits per heavy atom. The van der Waals surface area contributed by atoms with Crippen LogP contribution >= 0.6 is 35.0 Å². The Morgan fingerprint density at radius 1 is 1.00 bits per heavy atom. The van der Waals surface area contributed by atoms with Gasteiger partial charge in [-0.1, -0.05) is 85.2 Å². The van der Waals surface area contributed by atoms with E-state index in [4.69, 9.17) is 38.9 Å². The lowest BCUT2D eigenvalue weighted by Gasteiger charge is -2.42. The largest absolute Gasteiger partial charge is 0.355 e. The monoisotopic (exact) mass is 500 g/mol. The minimum atomic E-state index is 0. The van der Waals surface area contributed by atoms with E-state index in [0.29, 0.717) is 21.5 Å². The third kappa shape index (κ3) is 4.88. The molecule has 2 aliphatic rings. The summed E-state index contributed by atoms with van der Waals surface area (Å²) in [6.07, 6.45) is 7.84. The van der Waals surface area contributed by atoms with Crippen molar-refractivity contribution in [3.05, 3.63) is 64.8 Å². The van der Waals surface area contributed by atoms with Crippen LogP contribution in [0.4, 0.5) is 5.82 Å². The highest BCUT2D eigenvalue weighted by Gasteiger charge is 2.43. The van der Waals surface area contributed by atoms with Crippen LogP contribution in [0.5, 0.6) is 0 Å². The fourth-order valence-corrected chi connectivity index (χ4v) is 6.41. The molecule has 1 aliphatic heterocycles. The number of benzene rings is 2. The summed E-state index contributed by atoms with van der Waals surface area (Å²) >= 11 is 14.2. The van der Waals surface area contributed by atoms with Gasteiger partial charge in [0.25, 0.3) is 0 Å². The topological polar surface area (TPSA) is 55.0 Å². The summed E-state index contributed by atoms with van der Waals surface area (Å²) in [5, 5.41) is 1.89. The Morgan fingerprint density at radius 2 is 1.76 bits per heavy atom. The van der Waals surface area contributed by atoms with E-state index in [1.807, 2.05) is 36.5 Å². The van der Waals surface area contributed by atoms with E-state index in [1.54, 1.807) is 6.07 Å². The van der Waals surface area contributed by atoms with E-state index in [1.165, 1.54) is 24.6 Å². The summed E-state index contributed by atoms with van der Waals surface area (Å²) in [6.45, 7) is 1.95. The molecule has 1 aliphatic carbocycles. The minimum Gasteiger partial charge on any atom is -0.355 e. The standard InChI is InChI=1S/C25H26Cl2N4S.CH4/c26-18-8-4-9-19(22(18)27)32-24-23(17-6-2-1-3-7-17)30-21(16-29-24)31-14-12-25(13-15-31)11-5-10-20(25)28;/h1-4,6-9,16,20H,5,10-15,28H2;1H4/t20-;/m1./s1. The molecule has 1 aromatic heterocycles. The zero-order valence-electron chi connectivity index (χ0n) is 17.8. The Hall–Kier alpha value is -1.79. The van der Waals surface area contributed by atoms with Crippen LogP contribution in [0.3, 0.4) is 0 Å². The molecule has 2 aromatic carbocycles. The highest BCUT2D eigenvalue weighted by atomic mass is 35.5. The van der Waals surface area contributed by atoms with E-state index >= 15 is 0 Å². The van der Waals surface area contributed by atoms with Gasteiger partial charge in [0.2, 0.25) is 0 Å². The van der Waals surface area contributed by atoms with Crippen molar-refractivity contribution in [1.82, 2.24) is 9.97 Å². The van der Waals surface area contributed by atoms with Crippen LogP contribution in [-0.2, 0) is 0 Å². The van der Waals surface area contributed by atoms with Crippen molar-refractivity contribution in [1.29, 1.82) is 0 Å². The molecular weight excluding hydrogens is 471 g/mol. The number of anilines is 1. The van der Waals surface area contributed by atoms with Gasteiger partial charge in [-0.2, -0.15) is 0 Å². The molecule has 1 saturated carbocycles. The number of hydrogen-bond donors (Lipinski definition) is 1. The fourth-order valence-electron chi connectivity index (χ4n) is 5.01. The van der Waals surface area contributed by atoms with Gasteiger partial charge in [-0.25, -0.2) is 9.97 Å². The Balaban J connectivity index is 0.00000259. The third-order valence-corrected chi connectivity index (χ3v) is 8.94. The van der Waals surface area contributed by atoms with Gasteiger partial charge in [0.1, 0.15) is 16.5 Å². The molecule has 0 amide bonds. The van der Waals surface area contributed by atoms with Crippen LogP contribution in [0.25, 0.3) is 11.3 Å². The van der Waals surface area contributed by atoms with Crippen molar-refractivity contribution >= 4 is 40.8 Å². The second-order valence-electron chi connectivity index (χ2n) is 8.75. The summed E-state index contributed by atoms with van der Waals surface area (Å²) in [5.74, 6) is 0.923. The lowest BCUT2D eigenvalue weighted by Crippen LogP contribution is -2.47. The number of piperidine rings is 1. The molecule has 33 heavy (non-hydrogen) atoms. The predicted molar refractivity (Wildman–Crippen MR) is 140 cm³/mol. The number of halogens is 2. The van der Waals surface area contributed by atoms with Crippen molar-refractivity contribution in [3.8, 4) is 11.3 Å². The average Bonchev–Trinajstić information content (AvgIpc) is 3.17. The minimum absolute atomic E-state index is 0. The first-order valence-corrected chi connectivity index (χ1v) is 12.7. The maximum Gasteiger partial charge on any atom is 0.147 e. The molecule has 1 saturated heterocycles. The van der Waals surface area contributed by atoms with Crippen LogP contribution in [-0.4, -0.2) is 29.1 Å². The van der Waals surface area contributed by atoms with Gasteiger partial charge in [-0.15, -0.1) is 0 Å². The molecule has 0 unspecified atom stereocenters. The first-order valence-electron chi connectivity index (χ1n) is 11.1. The van der Waals surface area contributed by atoms with E-state index in [-0.39, 0.29) is 7.43 Å². The summed E-state index contributed by atoms with van der Waals surface area (Å²) < 4.78 is 0. The highest BCUT2D eigenvalue weighted by molar-refractivity contribution is 7.99. The van der Waals surface area contributed by atoms with Gasteiger partial charge in [-0.05, 0) is 43.2 Å². The molecule has 0 radical (unpaired) electrons. The van der Waals surface area contributed by atoms with Gasteiger partial charge in [-0.3, -0.25) is 0 Å². The van der Waals surface area contributed by atoms with Gasteiger partial charge in [0.15, 0.2) is 0 Å². The smallest absolute Gasteiger partial charge is 0.147 e. The van der Waals surface area contributed by atoms with Crippen LogP contribution in [0, 0.1) is 5.41 Å². The van der Waals surface area contributed by atoms with Crippen molar-refractivity contribution in [2.24, 2.45) is 11.1 Å². The zero-order valence-corrected chi connectivity index (χ0v) is 20.1. The van der Waals surface area contributed by atoms with E-state index in [0.717, 1.165) is 59.3 Å². The number of nitrogens with two attached hydrogens (primary N) is 1. The highest BCUT2D eigenvalue weighted by Crippen LogP contribution is 2.46. The average molecular weight is 502 g/mol. The van der Waals surface area contributed by atoms with Gasteiger partial charge < -0.3 is 10.6 Å². The molecule has 1 spiro atoms. The molecule has 5 rings (SSSR count). The Labute approximate surface area is 210 Å². The molecule has 2 fully saturated rings. The van der Waals surface area contributed by atoms with Crippen LogP contribution in [0.15, 0.2) is 64.6 Å². The fraction of sp³-hybridized carbons (Fsp3) is 0.385. The molecule has 1 atom stereocenters. The van der Waals surface area contributed by atoms with Gasteiger partial charge in [0, 0.05) is 29.6 Å². The molecular formula is C26H30Cl2N4S. The van der Waals surface area contributed by atoms with Crippen molar-refractivity contribution < 1.29 is 0 Å². The number of rotatable bonds is 4. The van der Waals surface area contributed by atoms with Crippen LogP contribution in [0.2, 0.25) is 10.0 Å². The summed E-state index contributed by atoms with van der Waals surface area (Å²) in [4.78, 5) is 13.1. The molecule has 0 bridgehead atoms. The van der Waals surface area contributed by atoms with Crippen LogP contribution in [0.1, 0.15) is 39.5 Å². The van der Waals surface area contributed by atoms with E-state index in [2.05, 4.69) is 17.0 Å². The predicted octanol–water partition coefficient (Wildman–Crippen LogP) is 7.34.